The highest BCUT2D eigenvalue weighted by Crippen LogP contribution is 2.24. The van der Waals surface area contributed by atoms with Crippen LogP contribution in [0.5, 0.6) is 0 Å². The summed E-state index contributed by atoms with van der Waals surface area (Å²) in [7, 11) is 0. The van der Waals surface area contributed by atoms with Gasteiger partial charge in [-0.2, -0.15) is 0 Å². The Labute approximate surface area is 171 Å². The van der Waals surface area contributed by atoms with Crippen LogP contribution in [-0.2, 0) is 9.53 Å². The van der Waals surface area contributed by atoms with Crippen LogP contribution in [-0.4, -0.2) is 23.9 Å². The maximum Gasteiger partial charge on any atom is 0.349 e. The van der Waals surface area contributed by atoms with E-state index in [2.05, 4.69) is 10.6 Å². The van der Waals surface area contributed by atoms with Gasteiger partial charge in [0.1, 0.15) is 4.88 Å². The molecule has 2 N–H and O–H groups in total. The van der Waals surface area contributed by atoms with Crippen LogP contribution in [0.15, 0.2) is 65.3 Å². The lowest BCUT2D eigenvalue weighted by atomic mass is 10.1. The summed E-state index contributed by atoms with van der Waals surface area (Å²) in [6.07, 6.45) is 0.439. The van der Waals surface area contributed by atoms with Gasteiger partial charge in [0.2, 0.25) is 0 Å². The Kier molecular flexibility index (Phi) is 6.46. The number of ether oxygens (including phenoxy) is 1. The first-order valence-corrected chi connectivity index (χ1v) is 9.76. The number of furan rings is 1. The van der Waals surface area contributed by atoms with Gasteiger partial charge in [0.15, 0.2) is 11.9 Å². The maximum absolute atomic E-state index is 12.3. The summed E-state index contributed by atoms with van der Waals surface area (Å²) in [6.45, 7) is 3.37. The predicted molar refractivity (Wildman–Crippen MR) is 109 cm³/mol. The number of nitrogens with one attached hydrogen (secondary N) is 2. The third-order valence-corrected chi connectivity index (χ3v) is 5.08. The summed E-state index contributed by atoms with van der Waals surface area (Å²) >= 11 is 1.05. The van der Waals surface area contributed by atoms with Crippen molar-refractivity contribution in [2.75, 3.05) is 5.32 Å². The van der Waals surface area contributed by atoms with E-state index in [1.165, 1.54) is 25.3 Å². The Hall–Kier alpha value is -3.39. The van der Waals surface area contributed by atoms with Gasteiger partial charge in [0.05, 0.1) is 17.3 Å². The van der Waals surface area contributed by atoms with Gasteiger partial charge in [-0.1, -0.05) is 30.3 Å². The van der Waals surface area contributed by atoms with Crippen LogP contribution in [0, 0.1) is 0 Å². The van der Waals surface area contributed by atoms with Crippen LogP contribution in [0.3, 0.4) is 0 Å². The molecule has 29 heavy (non-hydrogen) atoms. The van der Waals surface area contributed by atoms with Crippen molar-refractivity contribution in [3.8, 4) is 0 Å². The molecule has 0 aliphatic rings. The van der Waals surface area contributed by atoms with Crippen molar-refractivity contribution in [3.63, 3.8) is 0 Å². The molecule has 0 saturated carbocycles. The average Bonchev–Trinajstić information content (AvgIpc) is 3.40. The van der Waals surface area contributed by atoms with Gasteiger partial charge in [0, 0.05) is 0 Å². The Balaban J connectivity index is 1.53. The summed E-state index contributed by atoms with van der Waals surface area (Å²) in [5.74, 6) is -1.28. The van der Waals surface area contributed by atoms with Gasteiger partial charge in [-0.3, -0.25) is 9.59 Å². The first kappa shape index (κ1) is 20.3. The van der Waals surface area contributed by atoms with Crippen molar-refractivity contribution in [3.05, 3.63) is 77.1 Å². The van der Waals surface area contributed by atoms with Crippen molar-refractivity contribution in [1.29, 1.82) is 0 Å². The molecule has 150 valence electrons. The van der Waals surface area contributed by atoms with Gasteiger partial charge < -0.3 is 19.8 Å². The molecule has 0 bridgehead atoms. The summed E-state index contributed by atoms with van der Waals surface area (Å²) < 4.78 is 10.3. The molecular weight excluding hydrogens is 392 g/mol. The molecule has 2 atom stereocenters. The third-order valence-electron chi connectivity index (χ3n) is 4.10. The van der Waals surface area contributed by atoms with Gasteiger partial charge in [0.25, 0.3) is 11.8 Å². The van der Waals surface area contributed by atoms with E-state index >= 15 is 0 Å². The summed E-state index contributed by atoms with van der Waals surface area (Å²) in [5.41, 5.74) is 0.953. The Bertz CT molecular complexity index is 982. The monoisotopic (exact) mass is 412 g/mol. The lowest BCUT2D eigenvalue weighted by Crippen LogP contribution is -2.37. The van der Waals surface area contributed by atoms with E-state index in [4.69, 9.17) is 9.15 Å². The standard InChI is InChI=1S/C21H20N2O5S/c1-13(15-7-4-3-5-8-15)22-19(24)14(2)28-21(26)17-10-11-18(29-17)23-20(25)16-9-6-12-27-16/h3-14H,1-2H3,(H,22,24)(H,23,25). The van der Waals surface area contributed by atoms with E-state index in [0.717, 1.165) is 16.9 Å². The Morgan fingerprint density at radius 2 is 1.76 bits per heavy atom. The SMILES string of the molecule is CC(OC(=O)c1ccc(NC(=O)c2ccco2)s1)C(=O)NC(C)c1ccccc1. The summed E-state index contributed by atoms with van der Waals surface area (Å²) in [6, 6.07) is 15.5. The van der Waals surface area contributed by atoms with E-state index in [1.54, 1.807) is 12.1 Å². The molecular formula is C21H20N2O5S. The number of hydrogen-bond donors (Lipinski definition) is 2. The number of rotatable bonds is 7. The molecule has 0 spiro atoms. The number of esters is 1. The third kappa shape index (κ3) is 5.32. The smallest absolute Gasteiger partial charge is 0.349 e. The molecule has 2 unspecified atom stereocenters. The molecule has 0 aliphatic carbocycles. The minimum Gasteiger partial charge on any atom is -0.459 e. The number of carbonyl (C=O) groups excluding carboxylic acids is 3. The predicted octanol–water partition coefficient (Wildman–Crippen LogP) is 4.02. The Morgan fingerprint density at radius 1 is 1.00 bits per heavy atom. The topological polar surface area (TPSA) is 97.6 Å². The van der Waals surface area contributed by atoms with Crippen LogP contribution in [0.25, 0.3) is 0 Å². The second kappa shape index (κ2) is 9.20. The van der Waals surface area contributed by atoms with Crippen molar-refractivity contribution >= 4 is 34.1 Å². The van der Waals surface area contributed by atoms with Crippen molar-refractivity contribution < 1.29 is 23.5 Å². The molecule has 2 aromatic heterocycles. The number of benzene rings is 1. The highest BCUT2D eigenvalue weighted by Gasteiger charge is 2.22. The fourth-order valence-corrected chi connectivity index (χ4v) is 3.31. The number of amides is 2. The molecule has 2 heterocycles. The zero-order chi connectivity index (χ0) is 20.8. The molecule has 3 rings (SSSR count). The van der Waals surface area contributed by atoms with Gasteiger partial charge in [-0.05, 0) is 43.7 Å². The highest BCUT2D eigenvalue weighted by atomic mass is 32.1. The van der Waals surface area contributed by atoms with Gasteiger partial charge >= 0.3 is 5.97 Å². The number of anilines is 1. The molecule has 0 aliphatic heterocycles. The van der Waals surface area contributed by atoms with Crippen molar-refractivity contribution in [2.24, 2.45) is 0 Å². The second-order valence-corrected chi connectivity index (χ2v) is 7.37. The number of hydrogen-bond acceptors (Lipinski definition) is 6. The van der Waals surface area contributed by atoms with Crippen LogP contribution in [0.4, 0.5) is 5.00 Å². The minimum atomic E-state index is -0.961. The van der Waals surface area contributed by atoms with Crippen molar-refractivity contribution in [1.82, 2.24) is 5.32 Å². The Morgan fingerprint density at radius 3 is 2.45 bits per heavy atom. The van der Waals surface area contributed by atoms with E-state index in [-0.39, 0.29) is 16.7 Å². The second-order valence-electron chi connectivity index (χ2n) is 6.28. The quantitative estimate of drug-likeness (QED) is 0.571. The lowest BCUT2D eigenvalue weighted by molar-refractivity contribution is -0.129. The zero-order valence-electron chi connectivity index (χ0n) is 15.9. The van der Waals surface area contributed by atoms with Crippen LogP contribution in [0.2, 0.25) is 0 Å². The molecule has 0 radical (unpaired) electrons. The molecule has 7 nitrogen and oxygen atoms in total. The lowest BCUT2D eigenvalue weighted by Gasteiger charge is -2.18. The van der Waals surface area contributed by atoms with E-state index in [1.807, 2.05) is 37.3 Å². The van der Waals surface area contributed by atoms with E-state index in [0.29, 0.717) is 5.00 Å². The minimum absolute atomic E-state index is 0.167. The fourth-order valence-electron chi connectivity index (χ4n) is 2.52. The van der Waals surface area contributed by atoms with Gasteiger partial charge in [-0.25, -0.2) is 4.79 Å². The van der Waals surface area contributed by atoms with Crippen molar-refractivity contribution in [2.45, 2.75) is 26.0 Å². The molecule has 3 aromatic rings. The molecule has 0 fully saturated rings. The summed E-state index contributed by atoms with van der Waals surface area (Å²) in [4.78, 5) is 36.9. The maximum atomic E-state index is 12.3. The normalized spacial score (nSPS) is 12.6. The highest BCUT2D eigenvalue weighted by molar-refractivity contribution is 7.18. The summed E-state index contributed by atoms with van der Waals surface area (Å²) in [5, 5.41) is 5.92. The average molecular weight is 412 g/mol. The van der Waals surface area contributed by atoms with Gasteiger partial charge in [-0.15, -0.1) is 11.3 Å². The molecule has 0 saturated heterocycles. The fraction of sp³-hybridized carbons (Fsp3) is 0.190. The first-order chi connectivity index (χ1) is 13.9. The molecule has 1 aromatic carbocycles. The molecule has 2 amide bonds. The van der Waals surface area contributed by atoms with Crippen LogP contribution < -0.4 is 10.6 Å². The number of carbonyl (C=O) groups is 3. The molecule has 8 heteroatoms. The van der Waals surface area contributed by atoms with Crippen LogP contribution >= 0.6 is 11.3 Å². The zero-order valence-corrected chi connectivity index (χ0v) is 16.7. The first-order valence-electron chi connectivity index (χ1n) is 8.95. The van der Waals surface area contributed by atoms with Crippen LogP contribution in [0.1, 0.15) is 45.7 Å². The number of thiophene rings is 1. The van der Waals surface area contributed by atoms with E-state index in [9.17, 15) is 14.4 Å². The van der Waals surface area contributed by atoms with E-state index < -0.39 is 23.9 Å². The largest absolute Gasteiger partial charge is 0.459 e.